The molecule has 7 heteroatoms. The van der Waals surface area contributed by atoms with Gasteiger partial charge in [-0.1, -0.05) is 42.5 Å². The van der Waals surface area contributed by atoms with Crippen molar-refractivity contribution in [3.8, 4) is 5.75 Å². The lowest BCUT2D eigenvalue weighted by Gasteiger charge is -2.12. The quantitative estimate of drug-likeness (QED) is 0.367. The number of nitrogens with zero attached hydrogens (tertiary/aromatic N) is 2. The van der Waals surface area contributed by atoms with E-state index in [9.17, 15) is 9.59 Å². The van der Waals surface area contributed by atoms with Crippen LogP contribution < -0.4 is 15.4 Å². The number of hydrogen-bond acceptors (Lipinski definition) is 4. The average Bonchev–Trinajstić information content (AvgIpc) is 3.19. The van der Waals surface area contributed by atoms with Crippen molar-refractivity contribution in [2.24, 2.45) is 0 Å². The van der Waals surface area contributed by atoms with Crippen LogP contribution in [0.4, 0.5) is 5.69 Å². The maximum Gasteiger partial charge on any atom is 0.251 e. The fourth-order valence-electron chi connectivity index (χ4n) is 3.95. The summed E-state index contributed by atoms with van der Waals surface area (Å²) in [5.74, 6) is 1.17. The van der Waals surface area contributed by atoms with Crippen molar-refractivity contribution in [3.63, 3.8) is 0 Å². The summed E-state index contributed by atoms with van der Waals surface area (Å²) < 4.78 is 7.26. The van der Waals surface area contributed by atoms with Crippen molar-refractivity contribution < 1.29 is 14.3 Å². The van der Waals surface area contributed by atoms with Gasteiger partial charge in [0, 0.05) is 18.5 Å². The molecule has 34 heavy (non-hydrogen) atoms. The molecule has 2 N–H and O–H groups in total. The molecule has 1 aromatic heterocycles. The van der Waals surface area contributed by atoms with Crippen LogP contribution in [0.2, 0.25) is 0 Å². The van der Waals surface area contributed by atoms with Gasteiger partial charge in [0.25, 0.3) is 5.91 Å². The highest BCUT2D eigenvalue weighted by atomic mass is 16.5. The lowest BCUT2D eigenvalue weighted by molar-refractivity contribution is -0.116. The number of imidazole rings is 1. The molecule has 4 rings (SSSR count). The van der Waals surface area contributed by atoms with E-state index in [4.69, 9.17) is 9.72 Å². The molecule has 4 aromatic rings. The fourth-order valence-corrected chi connectivity index (χ4v) is 3.95. The van der Waals surface area contributed by atoms with E-state index in [1.54, 1.807) is 19.2 Å². The summed E-state index contributed by atoms with van der Waals surface area (Å²) >= 11 is 0. The predicted molar refractivity (Wildman–Crippen MR) is 133 cm³/mol. The Balaban J connectivity index is 1.43. The number of ether oxygens (including phenoxy) is 1. The Hall–Kier alpha value is -4.13. The fraction of sp³-hybridized carbons (Fsp3) is 0.222. The predicted octanol–water partition coefficient (Wildman–Crippen LogP) is 4.35. The summed E-state index contributed by atoms with van der Waals surface area (Å²) in [7, 11) is 1.57. The minimum atomic E-state index is -0.165. The van der Waals surface area contributed by atoms with Crippen LogP contribution in [-0.4, -0.2) is 35.0 Å². The second kappa shape index (κ2) is 10.7. The monoisotopic (exact) mass is 456 g/mol. The van der Waals surface area contributed by atoms with Crippen molar-refractivity contribution >= 4 is 28.5 Å². The van der Waals surface area contributed by atoms with Crippen LogP contribution in [0.5, 0.6) is 5.75 Å². The van der Waals surface area contributed by atoms with Crippen LogP contribution in [0, 0.1) is 6.92 Å². The summed E-state index contributed by atoms with van der Waals surface area (Å²) in [6.45, 7) is 2.57. The van der Waals surface area contributed by atoms with Gasteiger partial charge in [-0.25, -0.2) is 4.98 Å². The number of benzene rings is 3. The number of fused-ring (bicyclic) bond motifs is 1. The summed E-state index contributed by atoms with van der Waals surface area (Å²) in [5.41, 5.74) is 3.99. The number of carbonyl (C=O) groups is 2. The second-order valence-electron chi connectivity index (χ2n) is 8.03. The van der Waals surface area contributed by atoms with E-state index in [0.717, 1.165) is 22.4 Å². The van der Waals surface area contributed by atoms with Gasteiger partial charge in [-0.2, -0.15) is 0 Å². The molecule has 3 aromatic carbocycles. The Kier molecular flexibility index (Phi) is 7.22. The van der Waals surface area contributed by atoms with Crippen LogP contribution >= 0.6 is 0 Å². The zero-order valence-electron chi connectivity index (χ0n) is 19.4. The van der Waals surface area contributed by atoms with E-state index in [2.05, 4.69) is 10.6 Å². The lowest BCUT2D eigenvalue weighted by Crippen LogP contribution is -2.26. The van der Waals surface area contributed by atoms with Gasteiger partial charge < -0.3 is 19.9 Å². The molecule has 0 unspecified atom stereocenters. The van der Waals surface area contributed by atoms with Crippen molar-refractivity contribution in [2.45, 2.75) is 26.3 Å². The van der Waals surface area contributed by atoms with Gasteiger partial charge in [0.05, 0.1) is 23.8 Å². The second-order valence-corrected chi connectivity index (χ2v) is 8.03. The standard InChI is InChI=1S/C27H28N4O3/c1-19-10-3-4-11-20(19)27(33)28-17-9-16-25-29-21-12-5-7-14-23(21)31(25)18-26(32)30-22-13-6-8-15-24(22)34-2/h3-8,10-15H,9,16-18H2,1-2H3,(H,28,33)(H,30,32). The van der Waals surface area contributed by atoms with Crippen LogP contribution in [0.25, 0.3) is 11.0 Å². The van der Waals surface area contributed by atoms with E-state index in [-0.39, 0.29) is 18.4 Å². The first-order valence-electron chi connectivity index (χ1n) is 11.3. The maximum absolute atomic E-state index is 12.9. The van der Waals surface area contributed by atoms with Gasteiger partial charge in [0.2, 0.25) is 5.91 Å². The van der Waals surface area contributed by atoms with E-state index in [0.29, 0.717) is 36.4 Å². The lowest BCUT2D eigenvalue weighted by atomic mass is 10.1. The highest BCUT2D eigenvalue weighted by Gasteiger charge is 2.15. The number of carbonyl (C=O) groups excluding carboxylic acids is 2. The van der Waals surface area contributed by atoms with E-state index in [1.165, 1.54) is 0 Å². The van der Waals surface area contributed by atoms with Crippen molar-refractivity contribution in [3.05, 3.63) is 89.7 Å². The van der Waals surface area contributed by atoms with Crippen LogP contribution in [0.1, 0.15) is 28.2 Å². The van der Waals surface area contributed by atoms with Gasteiger partial charge in [0.1, 0.15) is 18.1 Å². The number of aromatic nitrogens is 2. The highest BCUT2D eigenvalue weighted by molar-refractivity contribution is 5.95. The number of rotatable bonds is 9. The average molecular weight is 457 g/mol. The molecule has 0 bridgehead atoms. The summed E-state index contributed by atoms with van der Waals surface area (Å²) in [4.78, 5) is 30.1. The number of anilines is 1. The molecule has 0 aliphatic rings. The summed E-state index contributed by atoms with van der Waals surface area (Å²) in [5, 5.41) is 5.91. The number of amides is 2. The zero-order valence-corrected chi connectivity index (χ0v) is 19.4. The molecule has 7 nitrogen and oxygen atoms in total. The molecule has 0 radical (unpaired) electrons. The molecular weight excluding hydrogens is 428 g/mol. The Morgan fingerprint density at radius 1 is 0.971 bits per heavy atom. The van der Waals surface area contributed by atoms with Crippen molar-refractivity contribution in [1.29, 1.82) is 0 Å². The third-order valence-electron chi connectivity index (χ3n) is 5.67. The molecule has 0 atom stereocenters. The van der Waals surface area contributed by atoms with Crippen LogP contribution in [-0.2, 0) is 17.8 Å². The first-order valence-corrected chi connectivity index (χ1v) is 11.3. The Morgan fingerprint density at radius 2 is 1.71 bits per heavy atom. The summed E-state index contributed by atoms with van der Waals surface area (Å²) in [6.07, 6.45) is 1.33. The largest absolute Gasteiger partial charge is 0.495 e. The topological polar surface area (TPSA) is 85.2 Å². The minimum Gasteiger partial charge on any atom is -0.495 e. The Morgan fingerprint density at radius 3 is 2.53 bits per heavy atom. The number of methoxy groups -OCH3 is 1. The maximum atomic E-state index is 12.9. The number of nitrogens with one attached hydrogen (secondary N) is 2. The third kappa shape index (κ3) is 5.26. The molecule has 2 amide bonds. The molecule has 1 heterocycles. The highest BCUT2D eigenvalue weighted by Crippen LogP contribution is 2.23. The third-order valence-corrected chi connectivity index (χ3v) is 5.67. The van der Waals surface area contributed by atoms with Crippen molar-refractivity contribution in [2.75, 3.05) is 19.0 Å². The van der Waals surface area contributed by atoms with E-state index in [1.807, 2.05) is 72.2 Å². The minimum absolute atomic E-state index is 0.0808. The zero-order chi connectivity index (χ0) is 23.9. The van der Waals surface area contributed by atoms with Crippen LogP contribution in [0.15, 0.2) is 72.8 Å². The Labute approximate surface area is 198 Å². The SMILES string of the molecule is COc1ccccc1NC(=O)Cn1c(CCCNC(=O)c2ccccc2C)nc2ccccc21. The molecule has 0 aliphatic carbocycles. The number of hydrogen-bond donors (Lipinski definition) is 2. The molecule has 174 valence electrons. The normalized spacial score (nSPS) is 10.8. The van der Waals surface area contributed by atoms with Crippen LogP contribution in [0.3, 0.4) is 0 Å². The molecule has 0 spiro atoms. The van der Waals surface area contributed by atoms with E-state index < -0.39 is 0 Å². The van der Waals surface area contributed by atoms with Gasteiger partial charge >= 0.3 is 0 Å². The number of para-hydroxylation sites is 4. The molecule has 0 saturated carbocycles. The molecule has 0 saturated heterocycles. The van der Waals surface area contributed by atoms with Crippen molar-refractivity contribution in [1.82, 2.24) is 14.9 Å². The first-order chi connectivity index (χ1) is 16.6. The number of aryl methyl sites for hydroxylation is 2. The van der Waals surface area contributed by atoms with E-state index >= 15 is 0 Å². The summed E-state index contributed by atoms with van der Waals surface area (Å²) in [6, 6.07) is 22.6. The molecule has 0 aliphatic heterocycles. The smallest absolute Gasteiger partial charge is 0.251 e. The first kappa shape index (κ1) is 23.0. The Bertz CT molecular complexity index is 1310. The van der Waals surface area contributed by atoms with Gasteiger partial charge in [0.15, 0.2) is 0 Å². The van der Waals surface area contributed by atoms with Gasteiger partial charge in [-0.15, -0.1) is 0 Å². The van der Waals surface area contributed by atoms with Gasteiger partial charge in [-0.05, 0) is 49.2 Å². The molecule has 0 fully saturated rings. The molecular formula is C27H28N4O3. The van der Waals surface area contributed by atoms with Gasteiger partial charge in [-0.3, -0.25) is 9.59 Å².